The van der Waals surface area contributed by atoms with E-state index in [9.17, 15) is 27.1 Å². The van der Waals surface area contributed by atoms with Crippen LogP contribution in [0.15, 0.2) is 30.3 Å². The predicted octanol–water partition coefficient (Wildman–Crippen LogP) is 4.38. The highest BCUT2D eigenvalue weighted by Crippen LogP contribution is 2.54. The molecule has 3 fully saturated rings. The molecule has 1 spiro atoms. The molecule has 5 rings (SSSR count). The van der Waals surface area contributed by atoms with Crippen molar-refractivity contribution in [1.82, 2.24) is 4.98 Å². The Labute approximate surface area is 234 Å². The van der Waals surface area contributed by atoms with Crippen LogP contribution in [0.25, 0.3) is 0 Å². The van der Waals surface area contributed by atoms with E-state index in [-0.39, 0.29) is 31.7 Å². The van der Waals surface area contributed by atoms with E-state index in [2.05, 4.69) is 15.0 Å². The van der Waals surface area contributed by atoms with Gasteiger partial charge in [-0.15, -0.1) is 0 Å². The number of piperidine rings is 2. The number of hydrogen-bond donors (Lipinski definition) is 3. The number of carbonyl (C=O) groups is 1. The molecule has 1 saturated carbocycles. The number of nitrogens with one attached hydrogen (secondary N) is 2. The van der Waals surface area contributed by atoms with Gasteiger partial charge in [-0.2, -0.15) is 0 Å². The van der Waals surface area contributed by atoms with Gasteiger partial charge in [0.1, 0.15) is 16.9 Å². The van der Waals surface area contributed by atoms with Crippen molar-refractivity contribution < 1.29 is 27.1 Å². The second-order valence-electron chi connectivity index (χ2n) is 11.5. The summed E-state index contributed by atoms with van der Waals surface area (Å²) in [6, 6.07) is 8.54. The first-order valence-electron chi connectivity index (χ1n) is 13.8. The Morgan fingerprint density at radius 3 is 2.30 bits per heavy atom. The monoisotopic (exact) mass is 577 g/mol. The van der Waals surface area contributed by atoms with Crippen molar-refractivity contribution in [1.29, 1.82) is 0 Å². The number of amides is 1. The number of aromatic nitrogens is 1. The molecule has 2 aliphatic heterocycles. The Bertz CT molecular complexity index is 1360. The summed E-state index contributed by atoms with van der Waals surface area (Å²) >= 11 is 0. The van der Waals surface area contributed by atoms with E-state index in [1.165, 1.54) is 25.8 Å². The third-order valence-corrected chi connectivity index (χ3v) is 10.1. The van der Waals surface area contributed by atoms with Gasteiger partial charge in [-0.1, -0.05) is 0 Å². The maximum atomic E-state index is 13.7. The average molecular weight is 578 g/mol. The quantitative estimate of drug-likeness (QED) is 0.427. The van der Waals surface area contributed by atoms with Crippen LogP contribution in [0, 0.1) is 12.3 Å². The molecular formula is C28H37F2N5O4S. The maximum Gasteiger partial charge on any atom is 0.259 e. The van der Waals surface area contributed by atoms with Gasteiger partial charge < -0.3 is 20.2 Å². The van der Waals surface area contributed by atoms with Crippen molar-refractivity contribution in [2.24, 2.45) is 5.41 Å². The van der Waals surface area contributed by atoms with Crippen LogP contribution in [0.5, 0.6) is 0 Å². The number of aryl methyl sites for hydroxylation is 1. The molecule has 1 atom stereocenters. The average Bonchev–Trinajstić information content (AvgIpc) is 3.66. The highest BCUT2D eigenvalue weighted by Gasteiger charge is 2.45. The third kappa shape index (κ3) is 6.33. The number of carbonyl (C=O) groups excluding carboxylic acids is 1. The summed E-state index contributed by atoms with van der Waals surface area (Å²) in [5.74, 6) is -2.56. The van der Waals surface area contributed by atoms with Gasteiger partial charge in [0.2, 0.25) is 10.0 Å². The van der Waals surface area contributed by atoms with E-state index < -0.39 is 33.7 Å². The molecule has 0 bridgehead atoms. The lowest BCUT2D eigenvalue weighted by atomic mass is 9.93. The van der Waals surface area contributed by atoms with Crippen LogP contribution >= 0.6 is 0 Å². The molecule has 0 radical (unpaired) electrons. The Morgan fingerprint density at radius 1 is 1.02 bits per heavy atom. The second kappa shape index (κ2) is 10.8. The smallest absolute Gasteiger partial charge is 0.259 e. The second-order valence-corrected chi connectivity index (χ2v) is 13.6. The number of pyridine rings is 1. The van der Waals surface area contributed by atoms with Crippen LogP contribution in [0.4, 0.5) is 31.8 Å². The Kier molecular flexibility index (Phi) is 7.68. The summed E-state index contributed by atoms with van der Waals surface area (Å²) in [5.41, 5.74) is 2.91. The van der Waals surface area contributed by atoms with Gasteiger partial charge in [0.15, 0.2) is 0 Å². The van der Waals surface area contributed by atoms with E-state index in [0.717, 1.165) is 24.1 Å². The van der Waals surface area contributed by atoms with Gasteiger partial charge in [-0.25, -0.2) is 22.2 Å². The van der Waals surface area contributed by atoms with Crippen molar-refractivity contribution >= 4 is 38.9 Å². The molecule has 12 heteroatoms. The van der Waals surface area contributed by atoms with Gasteiger partial charge in [0, 0.05) is 50.4 Å². The molecule has 1 aromatic carbocycles. The molecule has 218 valence electrons. The van der Waals surface area contributed by atoms with Crippen LogP contribution in [0.2, 0.25) is 0 Å². The first-order chi connectivity index (χ1) is 18.9. The van der Waals surface area contributed by atoms with Crippen LogP contribution in [0.1, 0.15) is 61.4 Å². The van der Waals surface area contributed by atoms with Crippen molar-refractivity contribution in [3.8, 4) is 0 Å². The molecular weight excluding hydrogens is 540 g/mol. The summed E-state index contributed by atoms with van der Waals surface area (Å²) < 4.78 is 54.9. The number of nitrogens with zero attached hydrogens (tertiary/aromatic N) is 3. The molecule has 0 unspecified atom stereocenters. The zero-order chi connectivity index (χ0) is 28.7. The van der Waals surface area contributed by atoms with Crippen LogP contribution < -0.4 is 19.8 Å². The number of aliphatic hydroxyl groups excluding tert-OH is 1. The molecule has 2 aromatic rings. The molecule has 3 heterocycles. The summed E-state index contributed by atoms with van der Waals surface area (Å²) in [6.07, 6.45) is 3.99. The summed E-state index contributed by atoms with van der Waals surface area (Å²) in [5, 5.41) is 11.3. The van der Waals surface area contributed by atoms with Gasteiger partial charge >= 0.3 is 0 Å². The molecule has 1 aromatic heterocycles. The van der Waals surface area contributed by atoms with E-state index in [0.29, 0.717) is 35.6 Å². The molecule has 40 heavy (non-hydrogen) atoms. The van der Waals surface area contributed by atoms with Crippen molar-refractivity contribution in [2.45, 2.75) is 63.5 Å². The first-order valence-corrected chi connectivity index (χ1v) is 15.4. The number of hydrogen-bond acceptors (Lipinski definition) is 7. The van der Waals surface area contributed by atoms with E-state index in [1.807, 2.05) is 28.9 Å². The van der Waals surface area contributed by atoms with Crippen LogP contribution in [0.3, 0.4) is 0 Å². The molecule has 1 amide bonds. The van der Waals surface area contributed by atoms with Gasteiger partial charge in [0.05, 0.1) is 12.2 Å². The minimum atomic E-state index is -3.86. The fourth-order valence-corrected chi connectivity index (χ4v) is 6.25. The number of aliphatic hydroxyl groups is 1. The molecule has 2 saturated heterocycles. The maximum absolute atomic E-state index is 13.7. The summed E-state index contributed by atoms with van der Waals surface area (Å²) in [7, 11) is -3.86. The minimum absolute atomic E-state index is 0.0818. The van der Waals surface area contributed by atoms with Crippen LogP contribution in [-0.2, 0) is 10.0 Å². The van der Waals surface area contributed by atoms with Crippen LogP contribution in [-0.4, -0.2) is 68.4 Å². The number of alkyl halides is 2. The van der Waals surface area contributed by atoms with Crippen molar-refractivity contribution in [2.75, 3.05) is 52.6 Å². The fourth-order valence-electron chi connectivity index (χ4n) is 5.45. The predicted molar refractivity (Wildman–Crippen MR) is 152 cm³/mol. The number of anilines is 4. The number of sulfonamides is 1. The van der Waals surface area contributed by atoms with Gasteiger partial charge in [0.25, 0.3) is 11.8 Å². The summed E-state index contributed by atoms with van der Waals surface area (Å²) in [4.78, 5) is 22.1. The first kappa shape index (κ1) is 28.5. The van der Waals surface area contributed by atoms with E-state index in [1.54, 1.807) is 12.1 Å². The zero-order valence-electron chi connectivity index (χ0n) is 22.9. The highest BCUT2D eigenvalue weighted by atomic mass is 32.2. The third-order valence-electron chi connectivity index (χ3n) is 8.41. The lowest BCUT2D eigenvalue weighted by molar-refractivity contribution is -0.0220. The molecule has 3 N–H and O–H groups in total. The van der Waals surface area contributed by atoms with Gasteiger partial charge in [-0.05, 0) is 80.8 Å². The minimum Gasteiger partial charge on any atom is -0.395 e. The number of halogens is 2. The molecule has 1 aliphatic carbocycles. The summed E-state index contributed by atoms with van der Waals surface area (Å²) in [6.45, 7) is 4.66. The number of benzene rings is 1. The van der Waals surface area contributed by atoms with Crippen molar-refractivity contribution in [3.05, 3.63) is 41.5 Å². The largest absolute Gasteiger partial charge is 0.395 e. The zero-order valence-corrected chi connectivity index (χ0v) is 23.7. The Morgan fingerprint density at radius 2 is 1.68 bits per heavy atom. The fraction of sp³-hybridized carbons (Fsp3) is 0.571. The normalized spacial score (nSPS) is 20.7. The lowest BCUT2D eigenvalue weighted by Crippen LogP contribution is -2.39. The molecule has 9 nitrogen and oxygen atoms in total. The lowest BCUT2D eigenvalue weighted by Gasteiger charge is -2.34. The van der Waals surface area contributed by atoms with Gasteiger partial charge in [-0.3, -0.25) is 9.52 Å². The highest BCUT2D eigenvalue weighted by molar-refractivity contribution is 7.93. The topological polar surface area (TPSA) is 115 Å². The Balaban J connectivity index is 1.39. The standard InChI is InChI=1S/C28H37F2N5O4S/c1-19-15-21(17-22(16-19)34-13-9-28(29,30)10-14-34)31-26(37)23-3-4-24(33-40(38,39)20(2)18-36)32-25(23)35-11-7-27(5-6-27)8-12-35/h3-4,15-17,20,36H,5-14,18H2,1-2H3,(H,31,37)(H,32,33)/t20-/m1/s1. The van der Waals surface area contributed by atoms with E-state index >= 15 is 0 Å². The SMILES string of the molecule is Cc1cc(NC(=O)c2ccc(NS(=O)(=O)[C@H](C)CO)nc2N2CCC3(CC2)CC3)cc(N2CCC(F)(F)CC2)c1. The number of rotatable bonds is 8. The van der Waals surface area contributed by atoms with Crippen molar-refractivity contribution in [3.63, 3.8) is 0 Å². The molecule has 3 aliphatic rings. The van der Waals surface area contributed by atoms with E-state index in [4.69, 9.17) is 0 Å². The Hall–Kier alpha value is -2.99.